The molecule has 1 saturated carbocycles. The Morgan fingerprint density at radius 3 is 2.69 bits per heavy atom. The number of hydrogen-bond acceptors (Lipinski definition) is 5. The fourth-order valence-electron chi connectivity index (χ4n) is 3.55. The van der Waals surface area contributed by atoms with Crippen LogP contribution >= 0.6 is 0 Å². The maximum atomic E-state index is 14.6. The third-order valence-corrected chi connectivity index (χ3v) is 5.60. The van der Waals surface area contributed by atoms with Crippen LogP contribution in [-0.2, 0) is 6.54 Å². The molecule has 0 spiro atoms. The van der Waals surface area contributed by atoms with Gasteiger partial charge in [0, 0.05) is 47.7 Å². The Morgan fingerprint density at radius 2 is 2.03 bits per heavy atom. The van der Waals surface area contributed by atoms with E-state index in [1.54, 1.807) is 18.5 Å². The molecule has 3 aromatic rings. The van der Waals surface area contributed by atoms with Crippen molar-refractivity contribution in [3.63, 3.8) is 0 Å². The van der Waals surface area contributed by atoms with Gasteiger partial charge in [-0.05, 0) is 62.9 Å². The van der Waals surface area contributed by atoms with Gasteiger partial charge >= 0.3 is 0 Å². The quantitative estimate of drug-likeness (QED) is 0.499. The van der Waals surface area contributed by atoms with Gasteiger partial charge in [-0.25, -0.2) is 9.37 Å². The minimum absolute atomic E-state index is 0.0341. The van der Waals surface area contributed by atoms with E-state index >= 15 is 0 Å². The van der Waals surface area contributed by atoms with E-state index in [9.17, 15) is 14.3 Å². The average Bonchev–Trinajstić information content (AvgIpc) is 3.46. The molecule has 32 heavy (non-hydrogen) atoms. The number of hydrogen-bond donors (Lipinski definition) is 3. The minimum atomic E-state index is -0.531. The zero-order valence-electron chi connectivity index (χ0n) is 18.5. The van der Waals surface area contributed by atoms with E-state index in [4.69, 9.17) is 0 Å². The van der Waals surface area contributed by atoms with Gasteiger partial charge < -0.3 is 15.7 Å². The Balaban J connectivity index is 1.77. The molecule has 2 aromatic heterocycles. The maximum absolute atomic E-state index is 14.6. The second kappa shape index (κ2) is 9.08. The molecule has 0 saturated heterocycles. The molecule has 0 unspecified atom stereocenters. The predicted molar refractivity (Wildman–Crippen MR) is 122 cm³/mol. The SMILES string of the molecule is CCn1cc(-c2cc(-c3cc(C(=O)NC4CC4)c(F)cc3C)cnc2N[C@H](C)CO)cn1. The lowest BCUT2D eigenvalue weighted by atomic mass is 9.96. The monoisotopic (exact) mass is 437 g/mol. The van der Waals surface area contributed by atoms with E-state index in [0.717, 1.165) is 41.6 Å². The number of aryl methyl sites for hydroxylation is 2. The van der Waals surface area contributed by atoms with Gasteiger partial charge in [-0.3, -0.25) is 9.48 Å². The van der Waals surface area contributed by atoms with Crippen LogP contribution in [0.15, 0.2) is 36.8 Å². The van der Waals surface area contributed by atoms with Crippen molar-refractivity contribution in [2.75, 3.05) is 11.9 Å². The molecule has 0 aliphatic heterocycles. The lowest BCUT2D eigenvalue weighted by molar-refractivity contribution is 0.0947. The first-order valence-corrected chi connectivity index (χ1v) is 10.9. The van der Waals surface area contributed by atoms with Crippen molar-refractivity contribution in [3.05, 3.63) is 53.7 Å². The van der Waals surface area contributed by atoms with Gasteiger partial charge in [0.15, 0.2) is 0 Å². The van der Waals surface area contributed by atoms with Gasteiger partial charge in [0.25, 0.3) is 5.91 Å². The molecule has 168 valence electrons. The van der Waals surface area contributed by atoms with Crippen molar-refractivity contribution in [1.82, 2.24) is 20.1 Å². The molecular weight excluding hydrogens is 409 g/mol. The summed E-state index contributed by atoms with van der Waals surface area (Å²) in [7, 11) is 0. The fraction of sp³-hybridized carbons (Fsp3) is 0.375. The standard InChI is InChI=1S/C24H28FN5O2/c1-4-30-12-17(11-27-30)20-8-16(10-26-23(20)28-15(3)13-31)19-9-21(22(25)7-14(19)2)24(32)29-18-5-6-18/h7-12,15,18,31H,4-6,13H2,1-3H3,(H,26,28)(H,29,32)/t15-/m1/s1. The maximum Gasteiger partial charge on any atom is 0.254 e. The number of benzene rings is 1. The summed E-state index contributed by atoms with van der Waals surface area (Å²) in [6, 6.07) is 4.92. The Hall–Kier alpha value is -3.26. The number of nitrogens with one attached hydrogen (secondary N) is 2. The van der Waals surface area contributed by atoms with Gasteiger partial charge in [-0.1, -0.05) is 0 Å². The number of carbonyl (C=O) groups is 1. The second-order valence-electron chi connectivity index (χ2n) is 8.33. The molecule has 1 fully saturated rings. The van der Waals surface area contributed by atoms with Gasteiger partial charge in [0.2, 0.25) is 0 Å². The predicted octanol–water partition coefficient (Wildman–Crippen LogP) is 3.76. The molecule has 3 N–H and O–H groups in total. The summed E-state index contributed by atoms with van der Waals surface area (Å²) in [5.74, 6) is -0.298. The normalized spacial score (nSPS) is 14.3. The van der Waals surface area contributed by atoms with E-state index < -0.39 is 11.7 Å². The van der Waals surface area contributed by atoms with E-state index in [1.807, 2.05) is 37.7 Å². The highest BCUT2D eigenvalue weighted by atomic mass is 19.1. The molecule has 4 rings (SSSR count). The molecule has 1 aliphatic rings. The van der Waals surface area contributed by atoms with Crippen molar-refractivity contribution in [2.45, 2.75) is 52.2 Å². The van der Waals surface area contributed by atoms with E-state index in [-0.39, 0.29) is 24.3 Å². The Kier molecular flexibility index (Phi) is 6.23. The molecule has 2 heterocycles. The summed E-state index contributed by atoms with van der Waals surface area (Å²) in [5.41, 5.74) is 3.95. The number of halogens is 1. The van der Waals surface area contributed by atoms with Gasteiger partial charge in [-0.2, -0.15) is 5.10 Å². The summed E-state index contributed by atoms with van der Waals surface area (Å²) in [5, 5.41) is 19.9. The molecule has 8 heteroatoms. The average molecular weight is 438 g/mol. The Labute approximate surface area is 186 Å². The number of carbonyl (C=O) groups excluding carboxylic acids is 1. The molecule has 1 amide bonds. The topological polar surface area (TPSA) is 92.1 Å². The van der Waals surface area contributed by atoms with Crippen LogP contribution in [0.1, 0.15) is 42.6 Å². The van der Waals surface area contributed by atoms with Gasteiger partial charge in [-0.15, -0.1) is 0 Å². The summed E-state index contributed by atoms with van der Waals surface area (Å²) >= 11 is 0. The van der Waals surface area contributed by atoms with E-state index in [1.165, 1.54) is 6.07 Å². The molecular formula is C24H28FN5O2. The second-order valence-corrected chi connectivity index (χ2v) is 8.33. The molecule has 0 radical (unpaired) electrons. The highest BCUT2D eigenvalue weighted by Crippen LogP contribution is 2.34. The third kappa shape index (κ3) is 4.65. The molecule has 1 aromatic carbocycles. The number of anilines is 1. The molecule has 1 atom stereocenters. The number of rotatable bonds is 8. The van der Waals surface area contributed by atoms with E-state index in [2.05, 4.69) is 20.7 Å². The zero-order valence-corrected chi connectivity index (χ0v) is 18.5. The van der Waals surface area contributed by atoms with Crippen LogP contribution in [0.5, 0.6) is 0 Å². The highest BCUT2D eigenvalue weighted by Gasteiger charge is 2.26. The molecule has 1 aliphatic carbocycles. The summed E-state index contributed by atoms with van der Waals surface area (Å²) in [6.07, 6.45) is 7.27. The summed E-state index contributed by atoms with van der Waals surface area (Å²) in [4.78, 5) is 17.1. The lowest BCUT2D eigenvalue weighted by Gasteiger charge is -2.17. The number of aliphatic hydroxyl groups is 1. The molecule has 0 bridgehead atoms. The number of amides is 1. The minimum Gasteiger partial charge on any atom is -0.394 e. The van der Waals surface area contributed by atoms with Crippen LogP contribution in [0, 0.1) is 12.7 Å². The first-order valence-electron chi connectivity index (χ1n) is 10.9. The smallest absolute Gasteiger partial charge is 0.254 e. The van der Waals surface area contributed by atoms with Crippen LogP contribution < -0.4 is 10.6 Å². The van der Waals surface area contributed by atoms with Crippen molar-refractivity contribution in [3.8, 4) is 22.3 Å². The lowest BCUT2D eigenvalue weighted by Crippen LogP contribution is -2.26. The van der Waals surface area contributed by atoms with Crippen molar-refractivity contribution < 1.29 is 14.3 Å². The van der Waals surface area contributed by atoms with Crippen LogP contribution in [0.2, 0.25) is 0 Å². The van der Waals surface area contributed by atoms with Crippen LogP contribution in [0.25, 0.3) is 22.3 Å². The third-order valence-electron chi connectivity index (χ3n) is 5.60. The first-order chi connectivity index (χ1) is 15.4. The van der Waals surface area contributed by atoms with Crippen LogP contribution in [0.3, 0.4) is 0 Å². The Morgan fingerprint density at radius 1 is 1.25 bits per heavy atom. The highest BCUT2D eigenvalue weighted by molar-refractivity contribution is 5.96. The number of nitrogens with zero attached hydrogens (tertiary/aromatic N) is 3. The largest absolute Gasteiger partial charge is 0.394 e. The fourth-order valence-corrected chi connectivity index (χ4v) is 3.55. The van der Waals surface area contributed by atoms with Gasteiger partial charge in [0.1, 0.15) is 11.6 Å². The van der Waals surface area contributed by atoms with Crippen LogP contribution in [0.4, 0.5) is 10.2 Å². The van der Waals surface area contributed by atoms with Crippen molar-refractivity contribution in [2.24, 2.45) is 0 Å². The Bertz CT molecular complexity index is 1140. The van der Waals surface area contributed by atoms with Crippen molar-refractivity contribution in [1.29, 1.82) is 0 Å². The number of aliphatic hydroxyl groups excluding tert-OH is 1. The first kappa shape index (κ1) is 22.0. The number of pyridine rings is 1. The number of aromatic nitrogens is 3. The summed E-state index contributed by atoms with van der Waals surface area (Å²) < 4.78 is 16.4. The van der Waals surface area contributed by atoms with Gasteiger partial charge in [0.05, 0.1) is 18.4 Å². The van der Waals surface area contributed by atoms with Crippen LogP contribution in [-0.4, -0.2) is 44.5 Å². The zero-order chi connectivity index (χ0) is 22.8. The molecule has 7 nitrogen and oxygen atoms in total. The van der Waals surface area contributed by atoms with Crippen molar-refractivity contribution >= 4 is 11.7 Å². The summed E-state index contributed by atoms with van der Waals surface area (Å²) in [6.45, 7) is 6.39. The van der Waals surface area contributed by atoms with E-state index in [0.29, 0.717) is 11.4 Å².